The van der Waals surface area contributed by atoms with E-state index in [0.29, 0.717) is 0 Å². The van der Waals surface area contributed by atoms with Crippen LogP contribution in [0.1, 0.15) is 10.4 Å². The van der Waals surface area contributed by atoms with Gasteiger partial charge >= 0.3 is 5.97 Å². The number of carboxylic acid groups (broad SMARTS) is 1. The van der Waals surface area contributed by atoms with Crippen molar-refractivity contribution in [3.63, 3.8) is 0 Å². The quantitative estimate of drug-likeness (QED) is 0.680. The highest BCUT2D eigenvalue weighted by atomic mass is 19.1. The van der Waals surface area contributed by atoms with E-state index in [1.807, 2.05) is 0 Å². The van der Waals surface area contributed by atoms with Crippen molar-refractivity contribution in [3.8, 4) is 11.1 Å². The van der Waals surface area contributed by atoms with Crippen LogP contribution in [0.15, 0.2) is 42.5 Å². The van der Waals surface area contributed by atoms with Gasteiger partial charge < -0.3 is 5.11 Å². The number of benzene rings is 2. The van der Waals surface area contributed by atoms with E-state index >= 15 is 0 Å². The van der Waals surface area contributed by atoms with Crippen molar-refractivity contribution >= 4 is 11.7 Å². The number of hydrogen-bond acceptors (Lipinski definition) is 3. The third-order valence-electron chi connectivity index (χ3n) is 2.58. The Bertz CT molecular complexity index is 669. The molecular weight excluding hydrogens is 253 g/mol. The lowest BCUT2D eigenvalue weighted by Crippen LogP contribution is -2.00. The summed E-state index contributed by atoms with van der Waals surface area (Å²) in [5.74, 6) is -1.83. The molecule has 0 bridgehead atoms. The number of nitro groups is 1. The van der Waals surface area contributed by atoms with Gasteiger partial charge in [-0.2, -0.15) is 0 Å². The maximum atomic E-state index is 13.2. The summed E-state index contributed by atoms with van der Waals surface area (Å²) in [4.78, 5) is 21.2. The molecule has 0 unspecified atom stereocenters. The van der Waals surface area contributed by atoms with Gasteiger partial charge in [-0.3, -0.25) is 10.1 Å². The molecule has 19 heavy (non-hydrogen) atoms. The number of nitrogens with zero attached hydrogens (tertiary/aromatic N) is 1. The highest BCUT2D eigenvalue weighted by molar-refractivity contribution is 5.96. The minimum absolute atomic E-state index is 0.108. The Balaban J connectivity index is 2.64. The molecule has 5 nitrogen and oxygen atoms in total. The van der Waals surface area contributed by atoms with E-state index in [9.17, 15) is 19.3 Å². The van der Waals surface area contributed by atoms with Crippen molar-refractivity contribution in [2.24, 2.45) is 0 Å². The van der Waals surface area contributed by atoms with E-state index in [4.69, 9.17) is 5.11 Å². The second-order valence-corrected chi connectivity index (χ2v) is 3.80. The summed E-state index contributed by atoms with van der Waals surface area (Å²) in [5.41, 5.74) is 0.0993. The zero-order chi connectivity index (χ0) is 14.0. The molecule has 0 spiro atoms. The fraction of sp³-hybridized carbons (Fsp3) is 0. The molecule has 0 amide bonds. The van der Waals surface area contributed by atoms with Crippen LogP contribution in [0.5, 0.6) is 0 Å². The van der Waals surface area contributed by atoms with E-state index < -0.39 is 16.7 Å². The van der Waals surface area contributed by atoms with Crippen LogP contribution in [-0.2, 0) is 0 Å². The zero-order valence-electron chi connectivity index (χ0n) is 9.54. The summed E-state index contributed by atoms with van der Waals surface area (Å²) in [7, 11) is 0. The van der Waals surface area contributed by atoms with Gasteiger partial charge in [-0.1, -0.05) is 12.1 Å². The summed E-state index contributed by atoms with van der Waals surface area (Å²) < 4.78 is 13.2. The lowest BCUT2D eigenvalue weighted by Gasteiger charge is -2.06. The van der Waals surface area contributed by atoms with Gasteiger partial charge in [0.05, 0.1) is 10.5 Å². The number of non-ortho nitro benzene ring substituents is 1. The molecule has 0 fully saturated rings. The van der Waals surface area contributed by atoms with Gasteiger partial charge in [0, 0.05) is 12.1 Å². The van der Waals surface area contributed by atoms with Crippen molar-refractivity contribution in [2.45, 2.75) is 0 Å². The first-order valence-electron chi connectivity index (χ1n) is 5.26. The van der Waals surface area contributed by atoms with E-state index in [0.717, 1.165) is 18.2 Å². The second kappa shape index (κ2) is 4.85. The smallest absolute Gasteiger partial charge is 0.336 e. The largest absolute Gasteiger partial charge is 0.478 e. The molecule has 1 N–H and O–H groups in total. The Hall–Kier alpha value is -2.76. The predicted molar refractivity (Wildman–Crippen MR) is 65.4 cm³/mol. The minimum Gasteiger partial charge on any atom is -0.478 e. The van der Waals surface area contributed by atoms with Crippen LogP contribution in [0.4, 0.5) is 10.1 Å². The van der Waals surface area contributed by atoms with Crippen LogP contribution in [0.25, 0.3) is 11.1 Å². The Kier molecular flexibility index (Phi) is 3.24. The summed E-state index contributed by atoms with van der Waals surface area (Å²) in [5, 5.41) is 19.7. The molecule has 2 aromatic carbocycles. The lowest BCUT2D eigenvalue weighted by atomic mass is 9.99. The van der Waals surface area contributed by atoms with E-state index in [2.05, 4.69) is 0 Å². The van der Waals surface area contributed by atoms with Crippen LogP contribution in [0.3, 0.4) is 0 Å². The first-order valence-corrected chi connectivity index (χ1v) is 5.26. The number of hydrogen-bond donors (Lipinski definition) is 1. The van der Waals surface area contributed by atoms with E-state index in [1.54, 1.807) is 0 Å². The Morgan fingerprint density at radius 2 is 1.95 bits per heavy atom. The van der Waals surface area contributed by atoms with E-state index in [-0.39, 0.29) is 22.4 Å². The van der Waals surface area contributed by atoms with Gasteiger partial charge in [0.25, 0.3) is 5.69 Å². The maximum absolute atomic E-state index is 13.2. The topological polar surface area (TPSA) is 80.4 Å². The van der Waals surface area contributed by atoms with Gasteiger partial charge in [0.2, 0.25) is 0 Å². The molecule has 0 radical (unpaired) electrons. The highest BCUT2D eigenvalue weighted by Gasteiger charge is 2.15. The number of carbonyl (C=O) groups is 1. The third kappa shape index (κ3) is 2.57. The Morgan fingerprint density at radius 3 is 2.58 bits per heavy atom. The minimum atomic E-state index is -1.22. The van der Waals surface area contributed by atoms with Crippen molar-refractivity contribution in [3.05, 3.63) is 64.0 Å². The Morgan fingerprint density at radius 1 is 1.21 bits per heavy atom. The summed E-state index contributed by atoms with van der Waals surface area (Å²) in [6.07, 6.45) is 0. The molecule has 96 valence electrons. The Labute approximate surface area is 107 Å². The predicted octanol–water partition coefficient (Wildman–Crippen LogP) is 3.10. The number of carboxylic acids is 1. The summed E-state index contributed by atoms with van der Waals surface area (Å²) in [6.45, 7) is 0. The summed E-state index contributed by atoms with van der Waals surface area (Å²) in [6, 6.07) is 8.61. The number of nitro benzene ring substituents is 1. The normalized spacial score (nSPS) is 10.2. The molecular formula is C13H8FNO4. The fourth-order valence-electron chi connectivity index (χ4n) is 1.73. The number of halogens is 1. The van der Waals surface area contributed by atoms with Crippen molar-refractivity contribution < 1.29 is 19.2 Å². The highest BCUT2D eigenvalue weighted by Crippen LogP contribution is 2.27. The molecule has 0 heterocycles. The molecule has 0 saturated heterocycles. The van der Waals surface area contributed by atoms with Crippen molar-refractivity contribution in [2.75, 3.05) is 0 Å². The molecule has 0 aliphatic heterocycles. The number of rotatable bonds is 3. The standard InChI is InChI=1S/C13H8FNO4/c14-9-4-5-11(13(16)17)12(7-9)8-2-1-3-10(6-8)15(18)19/h1-7H,(H,16,17). The molecule has 6 heteroatoms. The SMILES string of the molecule is O=C(O)c1ccc(F)cc1-c1cccc([N+](=O)[O-])c1. The van der Waals surface area contributed by atoms with Crippen LogP contribution >= 0.6 is 0 Å². The van der Waals surface area contributed by atoms with Crippen molar-refractivity contribution in [1.82, 2.24) is 0 Å². The fourth-order valence-corrected chi connectivity index (χ4v) is 1.73. The average Bonchev–Trinajstić information content (AvgIpc) is 2.38. The van der Waals surface area contributed by atoms with Gasteiger partial charge in [-0.05, 0) is 29.3 Å². The van der Waals surface area contributed by atoms with Crippen LogP contribution in [0, 0.1) is 15.9 Å². The first kappa shape index (κ1) is 12.7. The molecule has 2 rings (SSSR count). The van der Waals surface area contributed by atoms with Crippen LogP contribution in [0.2, 0.25) is 0 Å². The van der Waals surface area contributed by atoms with Crippen LogP contribution < -0.4 is 0 Å². The molecule has 2 aromatic rings. The van der Waals surface area contributed by atoms with Crippen molar-refractivity contribution in [1.29, 1.82) is 0 Å². The monoisotopic (exact) mass is 261 g/mol. The molecule has 0 aliphatic rings. The average molecular weight is 261 g/mol. The molecule has 0 aromatic heterocycles. The van der Waals surface area contributed by atoms with Gasteiger partial charge in [0.15, 0.2) is 0 Å². The lowest BCUT2D eigenvalue weighted by molar-refractivity contribution is -0.384. The van der Waals surface area contributed by atoms with Crippen LogP contribution in [-0.4, -0.2) is 16.0 Å². The zero-order valence-corrected chi connectivity index (χ0v) is 9.54. The first-order chi connectivity index (χ1) is 8.99. The van der Waals surface area contributed by atoms with Gasteiger partial charge in [-0.15, -0.1) is 0 Å². The maximum Gasteiger partial charge on any atom is 0.336 e. The molecule has 0 saturated carbocycles. The molecule has 0 atom stereocenters. The van der Waals surface area contributed by atoms with Gasteiger partial charge in [-0.25, -0.2) is 9.18 Å². The number of aromatic carboxylic acids is 1. The second-order valence-electron chi connectivity index (χ2n) is 3.80. The van der Waals surface area contributed by atoms with Gasteiger partial charge in [0.1, 0.15) is 5.82 Å². The third-order valence-corrected chi connectivity index (χ3v) is 2.58. The van der Waals surface area contributed by atoms with E-state index in [1.165, 1.54) is 24.3 Å². The summed E-state index contributed by atoms with van der Waals surface area (Å²) >= 11 is 0. The molecule has 0 aliphatic carbocycles.